The Morgan fingerprint density at radius 2 is 1.41 bits per heavy atom. The van der Waals surface area contributed by atoms with Crippen LogP contribution in [0.5, 0.6) is 0 Å². The largest absolute Gasteiger partial charge is 0.343 e. The third-order valence-electron chi connectivity index (χ3n) is 10.5. The number of carbonyl (C=O) groups is 3. The van der Waals surface area contributed by atoms with Crippen molar-refractivity contribution in [2.24, 2.45) is 11.8 Å². The van der Waals surface area contributed by atoms with Gasteiger partial charge in [0.05, 0.1) is 6.54 Å². The molecular weight excluding hydrogens is 635 g/mol. The molecule has 2 saturated heterocycles. The highest BCUT2D eigenvalue weighted by molar-refractivity contribution is 5.96. The summed E-state index contributed by atoms with van der Waals surface area (Å²) < 4.78 is 0. The molecule has 8 heteroatoms. The number of carbonyl (C=O) groups excluding carboxylic acids is 3. The van der Waals surface area contributed by atoms with Gasteiger partial charge in [-0.15, -0.1) is 0 Å². The molecule has 0 atom stereocenters. The maximum atomic E-state index is 13.6. The number of pyridine rings is 1. The van der Waals surface area contributed by atoms with Gasteiger partial charge < -0.3 is 20.4 Å². The molecule has 6 rings (SSSR count). The molecule has 2 N–H and O–H groups in total. The smallest absolute Gasteiger partial charge is 0.253 e. The molecule has 8 nitrogen and oxygen atoms in total. The molecule has 3 amide bonds. The molecule has 2 aliphatic rings. The lowest BCUT2D eigenvalue weighted by molar-refractivity contribution is -0.130. The molecule has 2 fully saturated rings. The van der Waals surface area contributed by atoms with Crippen LogP contribution in [0, 0.1) is 11.8 Å². The van der Waals surface area contributed by atoms with Gasteiger partial charge in [-0.25, -0.2) is 0 Å². The van der Waals surface area contributed by atoms with Gasteiger partial charge >= 0.3 is 0 Å². The van der Waals surface area contributed by atoms with Crippen LogP contribution in [0.2, 0.25) is 0 Å². The monoisotopic (exact) mass is 685 g/mol. The van der Waals surface area contributed by atoms with Crippen molar-refractivity contribution in [3.8, 4) is 11.1 Å². The zero-order valence-corrected chi connectivity index (χ0v) is 29.6. The molecule has 4 aromatic rings. The molecule has 266 valence electrons. The average molecular weight is 686 g/mol. The van der Waals surface area contributed by atoms with Crippen molar-refractivity contribution in [3.63, 3.8) is 0 Å². The number of amides is 3. The molecule has 0 aliphatic carbocycles. The Kier molecular flexibility index (Phi) is 13.0. The fourth-order valence-electron chi connectivity index (χ4n) is 7.44. The summed E-state index contributed by atoms with van der Waals surface area (Å²) in [5.41, 5.74) is 5.26. The van der Waals surface area contributed by atoms with Gasteiger partial charge in [0, 0.05) is 49.7 Å². The SMILES string of the molecule is O=C(NCC(=O)N(CCc1ccncc1)Cc1cccc(-c2cccc(C(=O)N3CCC(CCCC4CCNCC4)CC3)c2)c1)c1ccccc1. The molecule has 0 spiro atoms. The summed E-state index contributed by atoms with van der Waals surface area (Å²) in [6, 6.07) is 28.9. The lowest BCUT2D eigenvalue weighted by Crippen LogP contribution is -2.40. The summed E-state index contributed by atoms with van der Waals surface area (Å²) in [6.07, 6.45) is 12.9. The number of nitrogens with one attached hydrogen (secondary N) is 2. The molecule has 0 bridgehead atoms. The first-order chi connectivity index (χ1) is 25.0. The predicted molar refractivity (Wildman–Crippen MR) is 202 cm³/mol. The summed E-state index contributed by atoms with van der Waals surface area (Å²) in [5.74, 6) is 1.28. The normalized spacial score (nSPS) is 15.3. The van der Waals surface area contributed by atoms with Crippen LogP contribution < -0.4 is 10.6 Å². The molecule has 3 aromatic carbocycles. The minimum atomic E-state index is -0.276. The van der Waals surface area contributed by atoms with Crippen LogP contribution in [0.25, 0.3) is 11.1 Å². The van der Waals surface area contributed by atoms with Crippen LogP contribution in [0.4, 0.5) is 0 Å². The maximum Gasteiger partial charge on any atom is 0.253 e. The number of benzene rings is 3. The van der Waals surface area contributed by atoms with Gasteiger partial charge in [-0.05, 0) is 122 Å². The van der Waals surface area contributed by atoms with E-state index in [1.807, 2.05) is 65.6 Å². The quantitative estimate of drug-likeness (QED) is 0.153. The zero-order chi connectivity index (χ0) is 35.3. The van der Waals surface area contributed by atoms with E-state index in [9.17, 15) is 14.4 Å². The van der Waals surface area contributed by atoms with Gasteiger partial charge in [-0.1, -0.05) is 67.8 Å². The molecular formula is C43H51N5O3. The van der Waals surface area contributed by atoms with Crippen LogP contribution in [0.15, 0.2) is 103 Å². The van der Waals surface area contributed by atoms with E-state index < -0.39 is 0 Å². The standard InChI is InChI=1S/C43H51N5O3/c49-41(31-46-42(50)37-10-2-1-3-11-37)48(28-21-35-17-24-45-25-18-35)32-36-9-5-12-38(29-36)39-13-6-14-40(30-39)43(51)47-26-19-34(20-27-47)8-4-7-33-15-22-44-23-16-33/h1-3,5-6,9-14,17-18,24-25,29-30,33-34,44H,4,7-8,15-16,19-23,26-28,31-32H2,(H,46,50). The summed E-state index contributed by atoms with van der Waals surface area (Å²) in [6.45, 7) is 4.78. The maximum absolute atomic E-state index is 13.6. The van der Waals surface area contributed by atoms with E-state index in [2.05, 4.69) is 21.7 Å². The number of nitrogens with zero attached hydrogens (tertiary/aromatic N) is 3. The second-order valence-corrected chi connectivity index (χ2v) is 14.1. The number of likely N-dealkylation sites (tertiary alicyclic amines) is 1. The Labute approximate surface area is 302 Å². The van der Waals surface area contributed by atoms with Crippen molar-refractivity contribution in [2.75, 3.05) is 39.3 Å². The van der Waals surface area contributed by atoms with E-state index in [1.54, 1.807) is 41.6 Å². The van der Waals surface area contributed by atoms with Crippen LogP contribution in [-0.4, -0.2) is 71.8 Å². The molecule has 0 unspecified atom stereocenters. The second kappa shape index (κ2) is 18.4. The summed E-state index contributed by atoms with van der Waals surface area (Å²) in [7, 11) is 0. The molecule has 0 saturated carbocycles. The third-order valence-corrected chi connectivity index (χ3v) is 10.5. The fourth-order valence-corrected chi connectivity index (χ4v) is 7.44. The van der Waals surface area contributed by atoms with Gasteiger partial charge in [0.2, 0.25) is 5.91 Å². The third kappa shape index (κ3) is 10.6. The summed E-state index contributed by atoms with van der Waals surface area (Å²) in [4.78, 5) is 47.8. The number of hydrogen-bond donors (Lipinski definition) is 2. The Morgan fingerprint density at radius 3 is 2.16 bits per heavy atom. The zero-order valence-electron chi connectivity index (χ0n) is 29.6. The number of rotatable bonds is 14. The first kappa shape index (κ1) is 36.0. The lowest BCUT2D eigenvalue weighted by atomic mass is 9.87. The topological polar surface area (TPSA) is 94.6 Å². The van der Waals surface area contributed by atoms with E-state index >= 15 is 0 Å². The Morgan fingerprint density at radius 1 is 0.745 bits per heavy atom. The Hall–Kier alpha value is -4.82. The first-order valence-corrected chi connectivity index (χ1v) is 18.7. The van der Waals surface area contributed by atoms with Gasteiger partial charge in [-0.3, -0.25) is 19.4 Å². The minimum absolute atomic E-state index is 0.0937. The minimum Gasteiger partial charge on any atom is -0.343 e. The van der Waals surface area contributed by atoms with Gasteiger partial charge in [0.1, 0.15) is 0 Å². The van der Waals surface area contributed by atoms with Gasteiger partial charge in [0.15, 0.2) is 0 Å². The van der Waals surface area contributed by atoms with Gasteiger partial charge in [-0.2, -0.15) is 0 Å². The number of aromatic nitrogens is 1. The molecule has 1 aromatic heterocycles. The van der Waals surface area contributed by atoms with E-state index in [0.717, 1.165) is 60.0 Å². The highest BCUT2D eigenvalue weighted by atomic mass is 16.2. The summed E-state index contributed by atoms with van der Waals surface area (Å²) in [5, 5.41) is 6.26. The van der Waals surface area contributed by atoms with E-state index in [1.165, 1.54) is 45.2 Å². The van der Waals surface area contributed by atoms with E-state index in [4.69, 9.17) is 0 Å². The predicted octanol–water partition coefficient (Wildman–Crippen LogP) is 6.77. The second-order valence-electron chi connectivity index (χ2n) is 14.1. The lowest BCUT2D eigenvalue weighted by Gasteiger charge is -2.32. The molecule has 51 heavy (non-hydrogen) atoms. The molecule has 2 aliphatic heterocycles. The van der Waals surface area contributed by atoms with Crippen molar-refractivity contribution in [1.82, 2.24) is 25.4 Å². The van der Waals surface area contributed by atoms with Crippen LogP contribution in [-0.2, 0) is 17.8 Å². The van der Waals surface area contributed by atoms with Crippen LogP contribution >= 0.6 is 0 Å². The molecule has 0 radical (unpaired) electrons. The van der Waals surface area contributed by atoms with Crippen molar-refractivity contribution in [3.05, 3.63) is 126 Å². The van der Waals surface area contributed by atoms with Crippen molar-refractivity contribution in [1.29, 1.82) is 0 Å². The van der Waals surface area contributed by atoms with Crippen LogP contribution in [0.3, 0.4) is 0 Å². The highest BCUT2D eigenvalue weighted by Crippen LogP contribution is 2.28. The fraction of sp³-hybridized carbons (Fsp3) is 0.395. The Balaban J connectivity index is 1.06. The number of hydrogen-bond acceptors (Lipinski definition) is 5. The highest BCUT2D eigenvalue weighted by Gasteiger charge is 2.24. The summed E-state index contributed by atoms with van der Waals surface area (Å²) >= 11 is 0. The Bertz CT molecular complexity index is 1720. The van der Waals surface area contributed by atoms with E-state index in [-0.39, 0.29) is 24.3 Å². The van der Waals surface area contributed by atoms with E-state index in [0.29, 0.717) is 30.6 Å². The number of piperidine rings is 2. The van der Waals surface area contributed by atoms with Gasteiger partial charge in [0.25, 0.3) is 11.8 Å². The average Bonchev–Trinajstić information content (AvgIpc) is 3.19. The first-order valence-electron chi connectivity index (χ1n) is 18.7. The van der Waals surface area contributed by atoms with Crippen LogP contribution in [0.1, 0.15) is 76.8 Å². The molecule has 3 heterocycles. The van der Waals surface area contributed by atoms with Crippen molar-refractivity contribution < 1.29 is 14.4 Å². The van der Waals surface area contributed by atoms with Crippen molar-refractivity contribution in [2.45, 2.75) is 57.9 Å². The van der Waals surface area contributed by atoms with Crippen molar-refractivity contribution >= 4 is 17.7 Å².